The predicted octanol–water partition coefficient (Wildman–Crippen LogP) is 5.09. The summed E-state index contributed by atoms with van der Waals surface area (Å²) in [5.74, 6) is -2.30. The number of halogens is 3. The fourth-order valence-corrected chi connectivity index (χ4v) is 2.74. The standard InChI is InChI=1S/C22H16ClF2NO4/c1-3-7-28-19-6-5-13(10-20(19)29-8-4-2)9-18-22(27)30-21(26-18)14-11-16(24)17(25)12-15(14)23/h3-6,9-12H,1-2,7-8H2/b18-9+. The molecule has 0 saturated heterocycles. The van der Waals surface area contributed by atoms with Gasteiger partial charge in [0.15, 0.2) is 28.8 Å². The number of aliphatic imine (C=N–C) groups is 1. The number of hydrogen-bond donors (Lipinski definition) is 0. The lowest BCUT2D eigenvalue weighted by Gasteiger charge is -2.11. The molecule has 30 heavy (non-hydrogen) atoms. The molecule has 1 aliphatic heterocycles. The Morgan fingerprint density at radius 1 is 1.03 bits per heavy atom. The van der Waals surface area contributed by atoms with Crippen LogP contribution < -0.4 is 9.47 Å². The number of cyclic esters (lactones) is 1. The van der Waals surface area contributed by atoms with Crippen LogP contribution in [0.2, 0.25) is 5.02 Å². The minimum absolute atomic E-state index is 0.0319. The minimum Gasteiger partial charge on any atom is -0.486 e. The van der Waals surface area contributed by atoms with E-state index < -0.39 is 17.6 Å². The van der Waals surface area contributed by atoms with E-state index in [-0.39, 0.29) is 28.8 Å². The van der Waals surface area contributed by atoms with Crippen LogP contribution in [0.3, 0.4) is 0 Å². The van der Waals surface area contributed by atoms with Gasteiger partial charge in [0.2, 0.25) is 5.90 Å². The van der Waals surface area contributed by atoms with Gasteiger partial charge in [-0.05, 0) is 35.9 Å². The molecule has 1 heterocycles. The molecular weight excluding hydrogens is 416 g/mol. The maximum Gasteiger partial charge on any atom is 0.363 e. The summed E-state index contributed by atoms with van der Waals surface area (Å²) in [4.78, 5) is 16.3. The first-order valence-corrected chi connectivity index (χ1v) is 9.09. The third-order valence-corrected chi connectivity index (χ3v) is 4.16. The van der Waals surface area contributed by atoms with E-state index in [9.17, 15) is 13.6 Å². The molecule has 2 aromatic carbocycles. The lowest BCUT2D eigenvalue weighted by atomic mass is 10.1. The SMILES string of the molecule is C=CCOc1ccc(/C=C2/N=C(c3cc(F)c(F)cc3Cl)OC2=O)cc1OCC=C. The Labute approximate surface area is 176 Å². The first-order chi connectivity index (χ1) is 14.4. The zero-order valence-electron chi connectivity index (χ0n) is 15.7. The number of esters is 1. The molecule has 0 atom stereocenters. The van der Waals surface area contributed by atoms with Gasteiger partial charge in [-0.3, -0.25) is 0 Å². The van der Waals surface area contributed by atoms with Crippen molar-refractivity contribution in [2.24, 2.45) is 4.99 Å². The van der Waals surface area contributed by atoms with Crippen LogP contribution in [0.5, 0.6) is 11.5 Å². The number of carbonyl (C=O) groups is 1. The van der Waals surface area contributed by atoms with Crippen LogP contribution in [-0.4, -0.2) is 25.1 Å². The largest absolute Gasteiger partial charge is 0.486 e. The first kappa shape index (κ1) is 21.3. The van der Waals surface area contributed by atoms with Crippen molar-refractivity contribution in [2.45, 2.75) is 0 Å². The molecule has 0 saturated carbocycles. The molecule has 0 amide bonds. The molecule has 0 spiro atoms. The van der Waals surface area contributed by atoms with Gasteiger partial charge in [-0.25, -0.2) is 18.6 Å². The maximum absolute atomic E-state index is 13.5. The molecule has 0 fully saturated rings. The van der Waals surface area contributed by atoms with E-state index in [0.717, 1.165) is 12.1 Å². The number of nitrogens with zero attached hydrogens (tertiary/aromatic N) is 1. The minimum atomic E-state index is -1.13. The van der Waals surface area contributed by atoms with E-state index in [0.29, 0.717) is 23.7 Å². The summed E-state index contributed by atoms with van der Waals surface area (Å²) >= 11 is 5.92. The van der Waals surface area contributed by atoms with E-state index in [1.54, 1.807) is 30.4 Å². The second-order valence-corrected chi connectivity index (χ2v) is 6.39. The van der Waals surface area contributed by atoms with Crippen molar-refractivity contribution in [3.05, 3.63) is 89.1 Å². The predicted molar refractivity (Wildman–Crippen MR) is 110 cm³/mol. The number of ether oxygens (including phenoxy) is 3. The van der Waals surface area contributed by atoms with Gasteiger partial charge >= 0.3 is 5.97 Å². The number of rotatable bonds is 8. The molecule has 0 radical (unpaired) electrons. The van der Waals surface area contributed by atoms with Crippen LogP contribution >= 0.6 is 11.6 Å². The number of hydrogen-bond acceptors (Lipinski definition) is 5. The van der Waals surface area contributed by atoms with Gasteiger partial charge in [0.25, 0.3) is 0 Å². The molecule has 0 unspecified atom stereocenters. The van der Waals surface area contributed by atoms with Crippen LogP contribution in [-0.2, 0) is 9.53 Å². The molecule has 0 N–H and O–H groups in total. The van der Waals surface area contributed by atoms with E-state index in [4.69, 9.17) is 25.8 Å². The topological polar surface area (TPSA) is 57.1 Å². The molecule has 5 nitrogen and oxygen atoms in total. The highest BCUT2D eigenvalue weighted by Gasteiger charge is 2.27. The van der Waals surface area contributed by atoms with Crippen molar-refractivity contribution >= 4 is 29.5 Å². The van der Waals surface area contributed by atoms with Crippen LogP contribution in [0.1, 0.15) is 11.1 Å². The number of carbonyl (C=O) groups excluding carboxylic acids is 1. The molecule has 0 bridgehead atoms. The number of benzene rings is 2. The summed E-state index contributed by atoms with van der Waals surface area (Å²) in [7, 11) is 0. The van der Waals surface area contributed by atoms with Gasteiger partial charge in [-0.2, -0.15) is 0 Å². The fourth-order valence-electron chi connectivity index (χ4n) is 2.51. The van der Waals surface area contributed by atoms with Gasteiger partial charge < -0.3 is 14.2 Å². The highest BCUT2D eigenvalue weighted by atomic mass is 35.5. The van der Waals surface area contributed by atoms with Crippen molar-refractivity contribution in [1.82, 2.24) is 0 Å². The lowest BCUT2D eigenvalue weighted by Crippen LogP contribution is -2.07. The van der Waals surface area contributed by atoms with Crippen molar-refractivity contribution in [2.75, 3.05) is 13.2 Å². The molecule has 154 valence electrons. The summed E-state index contributed by atoms with van der Waals surface area (Å²) < 4.78 is 43.0. The zero-order chi connectivity index (χ0) is 21.7. The Bertz CT molecular complexity index is 1080. The average molecular weight is 432 g/mol. The van der Waals surface area contributed by atoms with Crippen LogP contribution in [0.4, 0.5) is 8.78 Å². The first-order valence-electron chi connectivity index (χ1n) is 8.72. The molecule has 1 aliphatic rings. The molecule has 2 aromatic rings. The van der Waals surface area contributed by atoms with Gasteiger partial charge in [-0.1, -0.05) is 43.0 Å². The maximum atomic E-state index is 13.5. The Morgan fingerprint density at radius 2 is 1.70 bits per heavy atom. The third kappa shape index (κ3) is 4.75. The second kappa shape index (κ2) is 9.37. The monoisotopic (exact) mass is 431 g/mol. The van der Waals surface area contributed by atoms with Gasteiger partial charge in [-0.15, -0.1) is 0 Å². The Hall–Kier alpha value is -3.45. The molecule has 3 rings (SSSR count). The molecule has 0 aliphatic carbocycles. The molecular formula is C22H16ClF2NO4. The van der Waals surface area contributed by atoms with Crippen molar-refractivity contribution in [1.29, 1.82) is 0 Å². The van der Waals surface area contributed by atoms with Crippen molar-refractivity contribution < 1.29 is 27.8 Å². The summed E-state index contributed by atoms with van der Waals surface area (Å²) in [6.45, 7) is 7.75. The van der Waals surface area contributed by atoms with Crippen LogP contribution in [0, 0.1) is 11.6 Å². The Balaban J connectivity index is 1.94. The second-order valence-electron chi connectivity index (χ2n) is 5.99. The summed E-state index contributed by atoms with van der Waals surface area (Å²) in [6, 6.07) is 6.62. The van der Waals surface area contributed by atoms with E-state index in [2.05, 4.69) is 18.2 Å². The van der Waals surface area contributed by atoms with E-state index in [1.165, 1.54) is 6.08 Å². The fraction of sp³-hybridized carbons (Fsp3) is 0.0909. The normalized spacial score (nSPS) is 14.3. The van der Waals surface area contributed by atoms with Gasteiger partial charge in [0, 0.05) is 0 Å². The lowest BCUT2D eigenvalue weighted by molar-refractivity contribution is -0.129. The zero-order valence-corrected chi connectivity index (χ0v) is 16.4. The molecule has 8 heteroatoms. The van der Waals surface area contributed by atoms with Crippen molar-refractivity contribution in [3.8, 4) is 11.5 Å². The van der Waals surface area contributed by atoms with Gasteiger partial charge in [0.05, 0.1) is 10.6 Å². The quantitative estimate of drug-likeness (QED) is 0.253. The van der Waals surface area contributed by atoms with E-state index in [1.807, 2.05) is 0 Å². The van der Waals surface area contributed by atoms with Gasteiger partial charge in [0.1, 0.15) is 13.2 Å². The summed E-state index contributed by atoms with van der Waals surface area (Å²) in [5.41, 5.74) is 0.504. The average Bonchev–Trinajstić information content (AvgIpc) is 3.08. The Morgan fingerprint density at radius 3 is 2.40 bits per heavy atom. The van der Waals surface area contributed by atoms with Crippen LogP contribution in [0.15, 0.2) is 66.3 Å². The third-order valence-electron chi connectivity index (χ3n) is 3.85. The molecule has 0 aromatic heterocycles. The van der Waals surface area contributed by atoms with E-state index >= 15 is 0 Å². The summed E-state index contributed by atoms with van der Waals surface area (Å²) in [5, 5.41) is -0.134. The van der Waals surface area contributed by atoms with Crippen molar-refractivity contribution in [3.63, 3.8) is 0 Å². The van der Waals surface area contributed by atoms with Crippen LogP contribution in [0.25, 0.3) is 6.08 Å². The highest BCUT2D eigenvalue weighted by Crippen LogP contribution is 2.31. The smallest absolute Gasteiger partial charge is 0.363 e. The Kier molecular flexibility index (Phi) is 6.64. The highest BCUT2D eigenvalue weighted by molar-refractivity contribution is 6.34. The summed E-state index contributed by atoms with van der Waals surface area (Å²) in [6.07, 6.45) is 4.64.